The van der Waals surface area contributed by atoms with E-state index < -0.39 is 30.0 Å². The van der Waals surface area contributed by atoms with Crippen LogP contribution in [0.2, 0.25) is 0 Å². The van der Waals surface area contributed by atoms with E-state index in [1.54, 1.807) is 13.0 Å². The Balaban J connectivity index is 2.05. The van der Waals surface area contributed by atoms with E-state index in [-0.39, 0.29) is 29.2 Å². The summed E-state index contributed by atoms with van der Waals surface area (Å²) in [6.45, 7) is 11.0. The Labute approximate surface area is 211 Å². The first-order chi connectivity index (χ1) is 16.9. The minimum Gasteiger partial charge on any atom is -0.493 e. The number of carbonyl (C=O) groups excluding carboxylic acids is 1. The minimum absolute atomic E-state index is 0.0450. The van der Waals surface area contributed by atoms with Crippen molar-refractivity contribution in [2.75, 3.05) is 6.61 Å². The van der Waals surface area contributed by atoms with Gasteiger partial charge in [0, 0.05) is 12.8 Å². The van der Waals surface area contributed by atoms with Crippen molar-refractivity contribution >= 4 is 23.5 Å². The van der Waals surface area contributed by atoms with Crippen molar-refractivity contribution in [2.24, 2.45) is 0 Å². The predicted octanol–water partition coefficient (Wildman–Crippen LogP) is 6.72. The van der Waals surface area contributed by atoms with Gasteiger partial charge in [-0.25, -0.2) is 0 Å². The fourth-order valence-corrected chi connectivity index (χ4v) is 3.61. The van der Waals surface area contributed by atoms with Crippen LogP contribution in [-0.2, 0) is 11.2 Å². The number of allylic oxidation sites excluding steroid dienone is 1. The van der Waals surface area contributed by atoms with E-state index >= 15 is 0 Å². The molecule has 2 aromatic rings. The van der Waals surface area contributed by atoms with Crippen molar-refractivity contribution in [3.63, 3.8) is 0 Å². The van der Waals surface area contributed by atoms with Crippen LogP contribution in [0.5, 0.6) is 17.2 Å². The number of carboxylic acids is 1. The number of aliphatic carboxylic acids is 1. The number of Topliss-reactive ketones (excluding diaryl/α,β-unsaturated/α-hetero) is 1. The highest BCUT2D eigenvalue weighted by molar-refractivity contribution is 8.06. The van der Waals surface area contributed by atoms with Gasteiger partial charge in [-0.15, -0.1) is 13.2 Å². The Morgan fingerprint density at radius 3 is 2.47 bits per heavy atom. The van der Waals surface area contributed by atoms with E-state index in [0.717, 1.165) is 35.0 Å². The van der Waals surface area contributed by atoms with Gasteiger partial charge in [-0.2, -0.15) is 0 Å². The molecule has 2 rings (SSSR count). The molecular weight excluding hydrogens is 497 g/mol. The number of ether oxygens (including phenoxy) is 3. The number of hydrogen-bond acceptors (Lipinski definition) is 6. The molecule has 0 amide bonds. The van der Waals surface area contributed by atoms with Crippen molar-refractivity contribution in [3.05, 3.63) is 76.6 Å². The highest BCUT2D eigenvalue weighted by Crippen LogP contribution is 2.32. The van der Waals surface area contributed by atoms with Crippen LogP contribution >= 0.6 is 11.8 Å². The number of aryl methyl sites for hydroxylation is 2. The first-order valence-electron chi connectivity index (χ1n) is 10.9. The number of carbonyl (C=O) groups is 2. The topological polar surface area (TPSA) is 82.1 Å². The van der Waals surface area contributed by atoms with Gasteiger partial charge in [0.25, 0.3) is 0 Å². The lowest BCUT2D eigenvalue weighted by molar-refractivity contribution is -0.274. The molecule has 0 aliphatic rings. The van der Waals surface area contributed by atoms with E-state index in [1.807, 2.05) is 19.1 Å². The smallest absolute Gasteiger partial charge is 0.493 e. The van der Waals surface area contributed by atoms with Gasteiger partial charge in [0.2, 0.25) is 5.78 Å². The predicted molar refractivity (Wildman–Crippen MR) is 132 cm³/mol. The van der Waals surface area contributed by atoms with Crippen molar-refractivity contribution in [3.8, 4) is 17.2 Å². The second-order valence-corrected chi connectivity index (χ2v) is 8.85. The molecule has 0 saturated carbocycles. The molecule has 1 N–H and O–H groups in total. The highest BCUT2D eigenvalue weighted by atomic mass is 32.2. The van der Waals surface area contributed by atoms with Crippen LogP contribution in [0.25, 0.3) is 0 Å². The maximum Gasteiger partial charge on any atom is 0.573 e. The molecule has 36 heavy (non-hydrogen) atoms. The van der Waals surface area contributed by atoms with Crippen LogP contribution in [0.1, 0.15) is 41.3 Å². The molecule has 194 valence electrons. The Morgan fingerprint density at radius 2 is 1.86 bits per heavy atom. The maximum atomic E-state index is 12.8. The molecule has 0 saturated heterocycles. The molecule has 0 spiro atoms. The molecule has 6 nitrogen and oxygen atoms in total. The molecule has 10 heteroatoms. The van der Waals surface area contributed by atoms with Gasteiger partial charge in [-0.05, 0) is 67.1 Å². The van der Waals surface area contributed by atoms with Gasteiger partial charge in [0.05, 0.1) is 23.2 Å². The molecule has 0 bridgehead atoms. The SMILES string of the molecule is C=CSC(=C)C(=O)c1cc(OC(F)(F)F)ccc1OC(C)CCOc1ccc(CCC(=O)O)c(C)c1. The summed E-state index contributed by atoms with van der Waals surface area (Å²) < 4.78 is 53.5. The molecule has 0 radical (unpaired) electrons. The maximum absolute atomic E-state index is 12.8. The third kappa shape index (κ3) is 9.33. The van der Waals surface area contributed by atoms with E-state index in [4.69, 9.17) is 14.6 Å². The summed E-state index contributed by atoms with van der Waals surface area (Å²) in [6, 6.07) is 8.69. The lowest BCUT2D eigenvalue weighted by Crippen LogP contribution is -2.19. The van der Waals surface area contributed by atoms with E-state index in [9.17, 15) is 22.8 Å². The number of hydrogen-bond donors (Lipinski definition) is 1. The van der Waals surface area contributed by atoms with Crippen molar-refractivity contribution < 1.29 is 42.1 Å². The lowest BCUT2D eigenvalue weighted by atomic mass is 10.0. The van der Waals surface area contributed by atoms with Crippen LogP contribution < -0.4 is 14.2 Å². The van der Waals surface area contributed by atoms with Crippen LogP contribution in [0.15, 0.2) is 59.9 Å². The first-order valence-corrected chi connectivity index (χ1v) is 11.8. The largest absolute Gasteiger partial charge is 0.573 e. The van der Waals surface area contributed by atoms with Gasteiger partial charge >= 0.3 is 12.3 Å². The molecule has 0 aromatic heterocycles. The second kappa shape index (κ2) is 13.1. The highest BCUT2D eigenvalue weighted by Gasteiger charge is 2.32. The second-order valence-electron chi connectivity index (χ2n) is 7.79. The molecule has 0 heterocycles. The molecular formula is C26H27F3O6S. The summed E-state index contributed by atoms with van der Waals surface area (Å²) in [4.78, 5) is 23.6. The third-order valence-electron chi connectivity index (χ3n) is 4.95. The summed E-state index contributed by atoms with van der Waals surface area (Å²) >= 11 is 0.951. The fraction of sp³-hybridized carbons (Fsp3) is 0.308. The van der Waals surface area contributed by atoms with Gasteiger partial charge in [0.1, 0.15) is 17.2 Å². The Kier molecular flexibility index (Phi) is 10.5. The van der Waals surface area contributed by atoms with E-state index in [2.05, 4.69) is 17.9 Å². The minimum atomic E-state index is -4.91. The van der Waals surface area contributed by atoms with Gasteiger partial charge in [-0.1, -0.05) is 31.0 Å². The van der Waals surface area contributed by atoms with Gasteiger partial charge in [-0.3, -0.25) is 9.59 Å². The van der Waals surface area contributed by atoms with Crippen molar-refractivity contribution in [2.45, 2.75) is 45.6 Å². The summed E-state index contributed by atoms with van der Waals surface area (Å²) in [5.74, 6) is -1.32. The number of benzene rings is 2. The number of carboxylic acid groups (broad SMARTS) is 1. The van der Waals surface area contributed by atoms with Crippen LogP contribution in [0.4, 0.5) is 13.2 Å². The number of halogens is 3. The number of ketones is 1. The summed E-state index contributed by atoms with van der Waals surface area (Å²) in [5, 5.41) is 10.2. The van der Waals surface area contributed by atoms with E-state index in [1.165, 1.54) is 11.5 Å². The molecule has 0 aliphatic heterocycles. The Bertz CT molecular complexity index is 1110. The monoisotopic (exact) mass is 524 g/mol. The van der Waals surface area contributed by atoms with E-state index in [0.29, 0.717) is 18.6 Å². The van der Waals surface area contributed by atoms with Crippen LogP contribution in [-0.4, -0.2) is 35.9 Å². The Morgan fingerprint density at radius 1 is 1.17 bits per heavy atom. The number of thioether (sulfide) groups is 1. The average molecular weight is 525 g/mol. The fourth-order valence-electron chi connectivity index (χ4n) is 3.19. The zero-order chi connectivity index (χ0) is 26.9. The number of rotatable bonds is 14. The Hall–Kier alpha value is -3.40. The molecule has 2 aromatic carbocycles. The third-order valence-corrected chi connectivity index (χ3v) is 5.59. The summed E-state index contributed by atoms with van der Waals surface area (Å²) in [5.41, 5.74) is 1.73. The van der Waals surface area contributed by atoms with Gasteiger partial charge < -0.3 is 19.3 Å². The quantitative estimate of drug-likeness (QED) is 0.217. The summed E-state index contributed by atoms with van der Waals surface area (Å²) in [6.07, 6.45) is -4.47. The molecule has 1 atom stereocenters. The summed E-state index contributed by atoms with van der Waals surface area (Å²) in [7, 11) is 0. The lowest BCUT2D eigenvalue weighted by Gasteiger charge is -2.19. The molecule has 0 fully saturated rings. The average Bonchev–Trinajstić information content (AvgIpc) is 2.78. The molecule has 1 unspecified atom stereocenters. The van der Waals surface area contributed by atoms with Crippen molar-refractivity contribution in [1.82, 2.24) is 0 Å². The zero-order valence-corrected chi connectivity index (χ0v) is 20.7. The normalized spacial score (nSPS) is 11.9. The zero-order valence-electron chi connectivity index (χ0n) is 19.9. The standard InChI is InChI=1S/C26H27F3O6S/c1-5-36-18(4)25(32)22-15-21(35-26(27,28)29)9-10-23(22)34-17(3)12-13-33-20-8-6-19(16(2)14-20)7-11-24(30)31/h5-6,8-10,14-15,17H,1,4,7,11-13H2,2-3H3,(H,30,31). The first kappa shape index (κ1) is 28.8. The van der Waals surface area contributed by atoms with Gasteiger partial charge in [0.15, 0.2) is 0 Å². The van der Waals surface area contributed by atoms with Crippen molar-refractivity contribution in [1.29, 1.82) is 0 Å². The van der Waals surface area contributed by atoms with Crippen LogP contribution in [0, 0.1) is 6.92 Å². The number of alkyl halides is 3. The van der Waals surface area contributed by atoms with Crippen LogP contribution in [0.3, 0.4) is 0 Å². The molecule has 0 aliphatic carbocycles.